The van der Waals surface area contributed by atoms with Crippen molar-refractivity contribution in [1.82, 2.24) is 0 Å². The predicted molar refractivity (Wildman–Crippen MR) is 122 cm³/mol. The number of anilines is 2. The Morgan fingerprint density at radius 3 is 2.55 bits per heavy atom. The Bertz CT molecular complexity index is 1110. The maximum absolute atomic E-state index is 11.7. The largest absolute Gasteiger partial charge is 0.450 e. The quantitative estimate of drug-likeness (QED) is 0.223. The third-order valence-corrected chi connectivity index (χ3v) is 4.63. The van der Waals surface area contributed by atoms with Gasteiger partial charge in [-0.15, -0.1) is 10.2 Å². The smallest absolute Gasteiger partial charge is 0.308 e. The van der Waals surface area contributed by atoms with Crippen LogP contribution in [-0.2, 0) is 14.3 Å². The maximum Gasteiger partial charge on any atom is 0.308 e. The van der Waals surface area contributed by atoms with Gasteiger partial charge >= 0.3 is 5.97 Å². The molecule has 12 heteroatoms. The van der Waals surface area contributed by atoms with Gasteiger partial charge in [-0.2, -0.15) is 5.26 Å². The fraction of sp³-hybridized carbons (Fsp3) is 0.286. The fourth-order valence-electron chi connectivity index (χ4n) is 2.78. The van der Waals surface area contributed by atoms with Crippen LogP contribution in [0.2, 0.25) is 5.02 Å². The van der Waals surface area contributed by atoms with Gasteiger partial charge in [0.1, 0.15) is 17.4 Å². The number of nitrogens with one attached hydrogen (secondary N) is 1. The number of esters is 1. The van der Waals surface area contributed by atoms with Gasteiger partial charge in [0.2, 0.25) is 5.91 Å². The van der Waals surface area contributed by atoms with Crippen molar-refractivity contribution in [2.24, 2.45) is 10.2 Å². The van der Waals surface area contributed by atoms with E-state index < -0.39 is 10.9 Å². The molecule has 0 saturated heterocycles. The van der Waals surface area contributed by atoms with Crippen LogP contribution in [0.25, 0.3) is 0 Å². The van der Waals surface area contributed by atoms with Crippen LogP contribution in [0.4, 0.5) is 28.4 Å². The Morgan fingerprint density at radius 1 is 1.24 bits per heavy atom. The molecule has 0 aliphatic heterocycles. The minimum Gasteiger partial charge on any atom is -0.450 e. The van der Waals surface area contributed by atoms with Crippen molar-refractivity contribution in [1.29, 1.82) is 5.26 Å². The molecule has 0 heterocycles. The first-order valence-electron chi connectivity index (χ1n) is 9.80. The van der Waals surface area contributed by atoms with Gasteiger partial charge in [0, 0.05) is 37.8 Å². The first kappa shape index (κ1) is 25.2. The Hall–Kier alpha value is -4.04. The van der Waals surface area contributed by atoms with Crippen LogP contribution < -0.4 is 10.2 Å². The standard InChI is InChI=1S/C21H21ClN6O5/c1-3-27(10-8-21(30)33-11-9-23)15-4-7-19(20(13-15)24-14(2)29)26-25-18-6-5-16(28(31)32)12-17(18)22/h4-7,12-13H,3,8,10-11H2,1-2H3,(H,24,29). The summed E-state index contributed by atoms with van der Waals surface area (Å²) in [6, 6.07) is 10.6. The number of halogens is 1. The van der Waals surface area contributed by atoms with Crippen LogP contribution in [0.15, 0.2) is 46.6 Å². The van der Waals surface area contributed by atoms with Gasteiger partial charge in [0.05, 0.1) is 22.1 Å². The van der Waals surface area contributed by atoms with Crippen molar-refractivity contribution in [2.45, 2.75) is 20.3 Å². The van der Waals surface area contributed by atoms with E-state index in [1.807, 2.05) is 11.8 Å². The highest BCUT2D eigenvalue weighted by Gasteiger charge is 2.13. The molecule has 0 radical (unpaired) electrons. The molecule has 0 fully saturated rings. The number of carbonyl (C=O) groups excluding carboxylic acids is 2. The highest BCUT2D eigenvalue weighted by molar-refractivity contribution is 6.33. The lowest BCUT2D eigenvalue weighted by Gasteiger charge is -2.23. The molecule has 2 aromatic rings. The number of nitro groups is 1. The van der Waals surface area contributed by atoms with Crippen molar-refractivity contribution >= 4 is 51.9 Å². The first-order chi connectivity index (χ1) is 15.7. The molecule has 2 rings (SSSR count). The third kappa shape index (κ3) is 7.55. The molecule has 11 nitrogen and oxygen atoms in total. The average molecular weight is 473 g/mol. The van der Waals surface area contributed by atoms with E-state index in [4.69, 9.17) is 21.6 Å². The lowest BCUT2D eigenvalue weighted by atomic mass is 10.2. The number of nitrogens with zero attached hydrogens (tertiary/aromatic N) is 5. The lowest BCUT2D eigenvalue weighted by Crippen LogP contribution is -2.26. The molecular formula is C21H21ClN6O5. The van der Waals surface area contributed by atoms with E-state index in [9.17, 15) is 19.7 Å². The molecule has 0 spiro atoms. The van der Waals surface area contributed by atoms with Gasteiger partial charge in [0.15, 0.2) is 6.61 Å². The normalized spacial score (nSPS) is 10.5. The zero-order valence-corrected chi connectivity index (χ0v) is 18.7. The highest BCUT2D eigenvalue weighted by atomic mass is 35.5. The van der Waals surface area contributed by atoms with Gasteiger partial charge < -0.3 is 15.0 Å². The topological polar surface area (TPSA) is 150 Å². The summed E-state index contributed by atoms with van der Waals surface area (Å²) in [4.78, 5) is 35.6. The molecule has 0 aromatic heterocycles. The molecule has 0 saturated carbocycles. The summed E-state index contributed by atoms with van der Waals surface area (Å²) in [6.07, 6.45) is 0.0884. The van der Waals surface area contributed by atoms with E-state index >= 15 is 0 Å². The van der Waals surface area contributed by atoms with Gasteiger partial charge in [-0.1, -0.05) is 11.6 Å². The third-order valence-electron chi connectivity index (χ3n) is 4.33. The molecule has 0 bridgehead atoms. The highest BCUT2D eigenvalue weighted by Crippen LogP contribution is 2.34. The molecular weight excluding hydrogens is 452 g/mol. The molecule has 172 valence electrons. The zero-order valence-electron chi connectivity index (χ0n) is 17.9. The fourth-order valence-corrected chi connectivity index (χ4v) is 2.99. The minimum absolute atomic E-state index is 0.0612. The zero-order chi connectivity index (χ0) is 24.4. The SMILES string of the molecule is CCN(CCC(=O)OCC#N)c1ccc(N=Nc2ccc([N+](=O)[O-])cc2Cl)c(NC(C)=O)c1. The average Bonchev–Trinajstić information content (AvgIpc) is 2.77. The van der Waals surface area contributed by atoms with E-state index in [-0.39, 0.29) is 35.3 Å². The number of benzene rings is 2. The second-order valence-electron chi connectivity index (χ2n) is 6.62. The van der Waals surface area contributed by atoms with Crippen LogP contribution in [0, 0.1) is 21.4 Å². The number of nitriles is 1. The van der Waals surface area contributed by atoms with Crippen molar-refractivity contribution in [3.05, 3.63) is 51.5 Å². The molecule has 1 N–H and O–H groups in total. The summed E-state index contributed by atoms with van der Waals surface area (Å²) >= 11 is 6.05. The van der Waals surface area contributed by atoms with Gasteiger partial charge in [-0.05, 0) is 31.2 Å². The number of hydrogen-bond donors (Lipinski definition) is 1. The summed E-state index contributed by atoms with van der Waals surface area (Å²) in [5, 5.41) is 30.3. The molecule has 33 heavy (non-hydrogen) atoms. The number of hydrogen-bond acceptors (Lipinski definition) is 9. The van der Waals surface area contributed by atoms with Crippen molar-refractivity contribution in [3.63, 3.8) is 0 Å². The summed E-state index contributed by atoms with van der Waals surface area (Å²) in [7, 11) is 0. The Morgan fingerprint density at radius 2 is 1.94 bits per heavy atom. The van der Waals surface area contributed by atoms with Crippen LogP contribution in [0.3, 0.4) is 0 Å². The summed E-state index contributed by atoms with van der Waals surface area (Å²) in [6.45, 7) is 3.88. The monoisotopic (exact) mass is 472 g/mol. The number of ether oxygens (including phenoxy) is 1. The second kappa shape index (κ2) is 12.1. The molecule has 0 unspecified atom stereocenters. The van der Waals surface area contributed by atoms with E-state index in [1.54, 1.807) is 24.3 Å². The van der Waals surface area contributed by atoms with Gasteiger partial charge in [-0.3, -0.25) is 19.7 Å². The van der Waals surface area contributed by atoms with Crippen LogP contribution >= 0.6 is 11.6 Å². The molecule has 0 aliphatic carbocycles. The Balaban J connectivity index is 2.27. The Labute approximate surface area is 194 Å². The predicted octanol–water partition coefficient (Wildman–Crippen LogP) is 4.91. The molecule has 0 aliphatic rings. The van der Waals surface area contributed by atoms with Crippen LogP contribution in [0.5, 0.6) is 0 Å². The van der Waals surface area contributed by atoms with Gasteiger partial charge in [-0.25, -0.2) is 0 Å². The van der Waals surface area contributed by atoms with E-state index in [0.717, 1.165) is 5.69 Å². The number of carbonyl (C=O) groups is 2. The number of rotatable bonds is 10. The molecule has 2 aromatic carbocycles. The van der Waals surface area contributed by atoms with Crippen molar-refractivity contribution in [3.8, 4) is 6.07 Å². The number of amides is 1. The van der Waals surface area contributed by atoms with E-state index in [2.05, 4.69) is 15.5 Å². The second-order valence-corrected chi connectivity index (χ2v) is 7.03. The number of azo groups is 1. The van der Waals surface area contributed by atoms with E-state index in [1.165, 1.54) is 25.1 Å². The van der Waals surface area contributed by atoms with Crippen molar-refractivity contribution in [2.75, 3.05) is 29.9 Å². The van der Waals surface area contributed by atoms with Gasteiger partial charge in [0.25, 0.3) is 5.69 Å². The van der Waals surface area contributed by atoms with Crippen molar-refractivity contribution < 1.29 is 19.2 Å². The van der Waals surface area contributed by atoms with Crippen LogP contribution in [0.1, 0.15) is 20.3 Å². The minimum atomic E-state index is -0.566. The molecule has 0 atom stereocenters. The van der Waals surface area contributed by atoms with Crippen LogP contribution in [-0.4, -0.2) is 36.5 Å². The number of non-ortho nitro benzene ring substituents is 1. The maximum atomic E-state index is 11.7. The lowest BCUT2D eigenvalue weighted by molar-refractivity contribution is -0.384. The summed E-state index contributed by atoms with van der Waals surface area (Å²) in [5.74, 6) is -0.803. The summed E-state index contributed by atoms with van der Waals surface area (Å²) in [5.41, 5.74) is 1.51. The first-order valence-corrected chi connectivity index (χ1v) is 10.2. The summed E-state index contributed by atoms with van der Waals surface area (Å²) < 4.78 is 4.76. The number of nitro benzene ring substituents is 1. The van der Waals surface area contributed by atoms with E-state index in [0.29, 0.717) is 24.5 Å². The Kier molecular flexibility index (Phi) is 9.26. The molecule has 1 amide bonds.